The third kappa shape index (κ3) is 8.25. The third-order valence-corrected chi connectivity index (χ3v) is 3.53. The lowest BCUT2D eigenvalue weighted by molar-refractivity contribution is -0.115. The Morgan fingerprint density at radius 3 is 2.59 bits per heavy atom. The quantitative estimate of drug-likeness (QED) is 0.359. The van der Waals surface area contributed by atoms with E-state index in [1.165, 1.54) is 18.2 Å². The van der Waals surface area contributed by atoms with Crippen LogP contribution in [-0.2, 0) is 4.79 Å². The van der Waals surface area contributed by atoms with E-state index in [1.807, 2.05) is 42.3 Å². The first-order valence-corrected chi connectivity index (χ1v) is 8.23. The fraction of sp³-hybridized carbons (Fsp3) is 0.263. The maximum Gasteiger partial charge on any atom is 0.243 e. The monoisotopic (exact) mass is 486 g/mol. The molecule has 0 heterocycles. The number of rotatable bonds is 7. The highest BCUT2D eigenvalue weighted by Gasteiger charge is 2.09. The highest BCUT2D eigenvalue weighted by atomic mass is 127. The summed E-state index contributed by atoms with van der Waals surface area (Å²) in [7, 11) is 3.50. The molecule has 0 atom stereocenters. The molecule has 0 saturated heterocycles. The average Bonchev–Trinajstić information content (AvgIpc) is 2.63. The van der Waals surface area contributed by atoms with Crippen LogP contribution in [0.4, 0.5) is 10.1 Å². The number of nitrogens with one attached hydrogen (secondary N) is 2. The molecule has 0 unspecified atom stereocenters. The number of halogens is 2. The van der Waals surface area contributed by atoms with Crippen molar-refractivity contribution in [1.29, 1.82) is 0 Å². The first-order valence-electron chi connectivity index (χ1n) is 8.23. The van der Waals surface area contributed by atoms with Crippen molar-refractivity contribution in [3.05, 3.63) is 60.4 Å². The molecule has 146 valence electrons. The zero-order valence-electron chi connectivity index (χ0n) is 15.3. The lowest BCUT2D eigenvalue weighted by atomic mass is 10.3. The van der Waals surface area contributed by atoms with E-state index in [0.717, 1.165) is 5.75 Å². The molecule has 2 aromatic rings. The number of aliphatic imine (C=N–C) groups is 1. The van der Waals surface area contributed by atoms with E-state index < -0.39 is 5.82 Å². The number of likely N-dealkylation sites (N-methyl/N-ethyl adjacent to an activating group) is 1. The van der Waals surface area contributed by atoms with Gasteiger partial charge in [0.15, 0.2) is 5.96 Å². The van der Waals surface area contributed by atoms with Gasteiger partial charge in [0.1, 0.15) is 18.2 Å². The van der Waals surface area contributed by atoms with Crippen LogP contribution in [0.5, 0.6) is 5.75 Å². The molecule has 2 N–H and O–H groups in total. The summed E-state index contributed by atoms with van der Waals surface area (Å²) in [6.45, 7) is 1.10. The zero-order valence-corrected chi connectivity index (χ0v) is 17.6. The maximum absolute atomic E-state index is 13.1. The van der Waals surface area contributed by atoms with Crippen LogP contribution in [0.1, 0.15) is 0 Å². The van der Waals surface area contributed by atoms with Gasteiger partial charge in [0, 0.05) is 19.8 Å². The van der Waals surface area contributed by atoms with Gasteiger partial charge < -0.3 is 20.3 Å². The highest BCUT2D eigenvalue weighted by molar-refractivity contribution is 14.0. The summed E-state index contributed by atoms with van der Waals surface area (Å²) in [5.41, 5.74) is 0.413. The summed E-state index contributed by atoms with van der Waals surface area (Å²) in [6, 6.07) is 15.3. The lowest BCUT2D eigenvalue weighted by Gasteiger charge is -2.22. The van der Waals surface area contributed by atoms with Crippen molar-refractivity contribution < 1.29 is 13.9 Å². The largest absolute Gasteiger partial charge is 0.492 e. The van der Waals surface area contributed by atoms with Crippen LogP contribution in [0.25, 0.3) is 0 Å². The number of para-hydroxylation sites is 1. The van der Waals surface area contributed by atoms with Gasteiger partial charge in [0.25, 0.3) is 0 Å². The molecular formula is C19H24FIN4O2. The second-order valence-electron chi connectivity index (χ2n) is 5.54. The fourth-order valence-electron chi connectivity index (χ4n) is 2.24. The molecule has 0 spiro atoms. The Hall–Kier alpha value is -2.36. The SMILES string of the molecule is CN=C(NCC(=O)Nc1cccc(F)c1)N(C)CCOc1ccccc1.I. The molecule has 0 bridgehead atoms. The summed E-state index contributed by atoms with van der Waals surface area (Å²) >= 11 is 0. The van der Waals surface area contributed by atoms with Crippen molar-refractivity contribution in [2.24, 2.45) is 4.99 Å². The van der Waals surface area contributed by atoms with Gasteiger partial charge in [-0.1, -0.05) is 24.3 Å². The van der Waals surface area contributed by atoms with E-state index >= 15 is 0 Å². The normalized spacial score (nSPS) is 10.6. The summed E-state index contributed by atoms with van der Waals surface area (Å²) in [6.07, 6.45) is 0. The highest BCUT2D eigenvalue weighted by Crippen LogP contribution is 2.09. The average molecular weight is 486 g/mol. The van der Waals surface area contributed by atoms with Crippen LogP contribution < -0.4 is 15.4 Å². The molecule has 0 fully saturated rings. The molecule has 2 rings (SSSR count). The number of ether oxygens (including phenoxy) is 1. The van der Waals surface area contributed by atoms with Crippen LogP contribution >= 0.6 is 24.0 Å². The summed E-state index contributed by atoms with van der Waals surface area (Å²) in [5, 5.41) is 5.59. The number of amides is 1. The molecule has 0 aromatic heterocycles. The first-order chi connectivity index (χ1) is 12.6. The van der Waals surface area contributed by atoms with E-state index in [-0.39, 0.29) is 36.4 Å². The molecule has 6 nitrogen and oxygen atoms in total. The van der Waals surface area contributed by atoms with Crippen molar-refractivity contribution in [1.82, 2.24) is 10.2 Å². The molecule has 0 aliphatic rings. The zero-order chi connectivity index (χ0) is 18.8. The Morgan fingerprint density at radius 1 is 1.19 bits per heavy atom. The second kappa shape index (κ2) is 12.1. The standard InChI is InChI=1S/C19H23FN4O2.HI/c1-21-19(24(2)11-12-26-17-9-4-3-5-10-17)22-14-18(25)23-16-8-6-7-15(20)13-16;/h3-10,13H,11-12,14H2,1-2H3,(H,21,22)(H,23,25);1H. The van der Waals surface area contributed by atoms with Crippen molar-refractivity contribution in [2.75, 3.05) is 39.1 Å². The van der Waals surface area contributed by atoms with Gasteiger partial charge in [-0.25, -0.2) is 4.39 Å². The number of carbonyl (C=O) groups is 1. The minimum absolute atomic E-state index is 0. The smallest absolute Gasteiger partial charge is 0.243 e. The van der Waals surface area contributed by atoms with Gasteiger partial charge >= 0.3 is 0 Å². The van der Waals surface area contributed by atoms with Gasteiger partial charge in [0.05, 0.1) is 13.1 Å². The number of hydrogen-bond donors (Lipinski definition) is 2. The predicted molar refractivity (Wildman–Crippen MR) is 116 cm³/mol. The Balaban J connectivity index is 0.00000364. The van der Waals surface area contributed by atoms with Crippen LogP contribution in [0.3, 0.4) is 0 Å². The van der Waals surface area contributed by atoms with Crippen LogP contribution in [-0.4, -0.2) is 50.6 Å². The van der Waals surface area contributed by atoms with Gasteiger partial charge in [0.2, 0.25) is 5.91 Å². The maximum atomic E-state index is 13.1. The summed E-state index contributed by atoms with van der Waals surface area (Å²) in [4.78, 5) is 18.0. The van der Waals surface area contributed by atoms with Gasteiger partial charge in [-0.2, -0.15) is 0 Å². The Kier molecular flexibility index (Phi) is 10.2. The first kappa shape index (κ1) is 22.7. The topological polar surface area (TPSA) is 66.0 Å². The van der Waals surface area contributed by atoms with Gasteiger partial charge in [-0.15, -0.1) is 24.0 Å². The number of nitrogens with zero attached hydrogens (tertiary/aromatic N) is 2. The molecule has 27 heavy (non-hydrogen) atoms. The molecule has 0 aliphatic heterocycles. The predicted octanol–water partition coefficient (Wildman–Crippen LogP) is 2.97. The second-order valence-corrected chi connectivity index (χ2v) is 5.54. The summed E-state index contributed by atoms with van der Waals surface area (Å²) < 4.78 is 18.8. The lowest BCUT2D eigenvalue weighted by Crippen LogP contribution is -2.43. The number of anilines is 1. The van der Waals surface area contributed by atoms with Crippen LogP contribution in [0, 0.1) is 5.82 Å². The molecule has 0 aliphatic carbocycles. The molecule has 8 heteroatoms. The Morgan fingerprint density at radius 2 is 1.93 bits per heavy atom. The minimum atomic E-state index is -0.398. The van der Waals surface area contributed by atoms with E-state index in [2.05, 4.69) is 15.6 Å². The van der Waals surface area contributed by atoms with E-state index in [0.29, 0.717) is 24.8 Å². The number of hydrogen-bond acceptors (Lipinski definition) is 3. The van der Waals surface area contributed by atoms with E-state index in [1.54, 1.807) is 13.1 Å². The molecule has 0 radical (unpaired) electrons. The molecule has 0 saturated carbocycles. The van der Waals surface area contributed by atoms with Crippen molar-refractivity contribution in [3.63, 3.8) is 0 Å². The van der Waals surface area contributed by atoms with Crippen molar-refractivity contribution in [2.45, 2.75) is 0 Å². The van der Waals surface area contributed by atoms with E-state index in [9.17, 15) is 9.18 Å². The van der Waals surface area contributed by atoms with Gasteiger partial charge in [-0.05, 0) is 30.3 Å². The molecular weight excluding hydrogens is 462 g/mol. The molecule has 2 aromatic carbocycles. The Labute approximate surface area is 175 Å². The number of carbonyl (C=O) groups excluding carboxylic acids is 1. The van der Waals surface area contributed by atoms with Crippen molar-refractivity contribution in [3.8, 4) is 5.75 Å². The van der Waals surface area contributed by atoms with Crippen molar-refractivity contribution >= 4 is 41.5 Å². The fourth-order valence-corrected chi connectivity index (χ4v) is 2.24. The van der Waals surface area contributed by atoms with E-state index in [4.69, 9.17) is 4.74 Å². The van der Waals surface area contributed by atoms with Crippen LogP contribution in [0.2, 0.25) is 0 Å². The minimum Gasteiger partial charge on any atom is -0.492 e. The number of benzene rings is 2. The van der Waals surface area contributed by atoms with Gasteiger partial charge in [-0.3, -0.25) is 9.79 Å². The Bertz CT molecular complexity index is 743. The third-order valence-electron chi connectivity index (χ3n) is 3.53. The molecule has 1 amide bonds. The summed E-state index contributed by atoms with van der Waals surface area (Å²) in [5.74, 6) is 0.685. The number of guanidine groups is 1. The van der Waals surface area contributed by atoms with Crippen LogP contribution in [0.15, 0.2) is 59.6 Å².